The van der Waals surface area contributed by atoms with Crippen LogP contribution in [-0.4, -0.2) is 52.7 Å². The first kappa shape index (κ1) is 26.0. The minimum atomic E-state index is -1.54. The molecule has 8 nitrogen and oxygen atoms in total. The lowest BCUT2D eigenvalue weighted by Gasteiger charge is -2.40. The highest BCUT2D eigenvalue weighted by molar-refractivity contribution is 5.95. The summed E-state index contributed by atoms with van der Waals surface area (Å²) in [5.41, 5.74) is -1.58. The topological polar surface area (TPSA) is 116 Å². The Bertz CT molecular complexity index is 768. The van der Waals surface area contributed by atoms with Crippen LogP contribution in [0.1, 0.15) is 67.2 Å². The molecule has 0 aromatic carbocycles. The average molecular weight is 453 g/mol. The number of esters is 3. The van der Waals surface area contributed by atoms with E-state index in [4.69, 9.17) is 14.2 Å². The van der Waals surface area contributed by atoms with Crippen LogP contribution in [-0.2, 0) is 33.4 Å². The number of hydrogen-bond acceptors (Lipinski definition) is 8. The van der Waals surface area contributed by atoms with Crippen molar-refractivity contribution in [3.05, 3.63) is 12.2 Å². The van der Waals surface area contributed by atoms with Crippen molar-refractivity contribution in [2.24, 2.45) is 23.7 Å². The van der Waals surface area contributed by atoms with Crippen LogP contribution in [0.25, 0.3) is 0 Å². The number of fused-ring (bicyclic) bond motifs is 1. The summed E-state index contributed by atoms with van der Waals surface area (Å²) in [6, 6.07) is 0. The summed E-state index contributed by atoms with van der Waals surface area (Å²) in [5, 5.41) is 11.3. The molecule has 0 aromatic rings. The van der Waals surface area contributed by atoms with Gasteiger partial charge in [-0.15, -0.1) is 0 Å². The quantitative estimate of drug-likeness (QED) is 0.385. The summed E-state index contributed by atoms with van der Waals surface area (Å²) < 4.78 is 16.8. The molecule has 7 atom stereocenters. The van der Waals surface area contributed by atoms with E-state index < -0.39 is 65.5 Å². The van der Waals surface area contributed by atoms with E-state index in [1.54, 1.807) is 27.7 Å². The van der Waals surface area contributed by atoms with Crippen molar-refractivity contribution < 1.29 is 38.5 Å². The van der Waals surface area contributed by atoms with Crippen LogP contribution in [0.4, 0.5) is 0 Å². The number of carbonyl (C=O) groups excluding carboxylic acids is 4. The highest BCUT2D eigenvalue weighted by atomic mass is 16.6. The molecule has 1 saturated heterocycles. The van der Waals surface area contributed by atoms with Gasteiger partial charge in [0.15, 0.2) is 24.1 Å². The van der Waals surface area contributed by atoms with Crippen molar-refractivity contribution in [1.82, 2.24) is 0 Å². The van der Waals surface area contributed by atoms with Gasteiger partial charge in [0.05, 0.1) is 17.8 Å². The van der Waals surface area contributed by atoms with E-state index in [0.29, 0.717) is 19.3 Å². The second kappa shape index (κ2) is 10.1. The molecule has 32 heavy (non-hydrogen) atoms. The lowest BCUT2D eigenvalue weighted by molar-refractivity contribution is -0.196. The molecule has 0 spiro atoms. The van der Waals surface area contributed by atoms with Crippen molar-refractivity contribution in [2.45, 2.75) is 91.1 Å². The Morgan fingerprint density at radius 3 is 2.41 bits per heavy atom. The molecule has 0 radical (unpaired) electrons. The summed E-state index contributed by atoms with van der Waals surface area (Å²) in [5.74, 6) is -4.73. The zero-order valence-electron chi connectivity index (χ0n) is 19.9. The molecular formula is C24H36O8. The van der Waals surface area contributed by atoms with Gasteiger partial charge in [0.2, 0.25) is 0 Å². The van der Waals surface area contributed by atoms with E-state index in [9.17, 15) is 24.3 Å². The van der Waals surface area contributed by atoms with Crippen LogP contribution >= 0.6 is 0 Å². The van der Waals surface area contributed by atoms with Gasteiger partial charge in [-0.2, -0.15) is 0 Å². The van der Waals surface area contributed by atoms with Gasteiger partial charge in [-0.1, -0.05) is 41.2 Å². The van der Waals surface area contributed by atoms with Crippen molar-refractivity contribution in [2.75, 3.05) is 0 Å². The Balaban J connectivity index is 2.57. The second-order valence-corrected chi connectivity index (χ2v) is 9.65. The second-order valence-electron chi connectivity index (χ2n) is 9.65. The minimum Gasteiger partial charge on any atom is -0.455 e. The highest BCUT2D eigenvalue weighted by Crippen LogP contribution is 2.41. The molecular weight excluding hydrogens is 416 g/mol. The molecule has 1 heterocycles. The predicted molar refractivity (Wildman–Crippen MR) is 115 cm³/mol. The fourth-order valence-corrected chi connectivity index (χ4v) is 4.07. The number of ketones is 1. The Morgan fingerprint density at radius 1 is 1.22 bits per heavy atom. The van der Waals surface area contributed by atoms with Crippen LogP contribution in [0.3, 0.4) is 0 Å². The summed E-state index contributed by atoms with van der Waals surface area (Å²) >= 11 is 0. The van der Waals surface area contributed by atoms with E-state index in [-0.39, 0.29) is 17.8 Å². The van der Waals surface area contributed by atoms with Crippen LogP contribution in [0, 0.1) is 23.7 Å². The van der Waals surface area contributed by atoms with Gasteiger partial charge in [-0.05, 0) is 32.6 Å². The van der Waals surface area contributed by atoms with E-state index in [2.05, 4.69) is 6.58 Å². The molecule has 2 aliphatic rings. The standard InChI is InChI=1S/C24H36O8/c1-8-13(4)22(27)30-18-16-15(6)23(28)31-19(16)20(32-21(26)12(2)3)24(7,29)11-9-10-14(5)17(18)25/h12-14,16,18-20,29H,6,8-11H2,1-5,7H3/t13?,14-,16-,18-,19+,20-,24+/m1/s1. The minimum absolute atomic E-state index is 0.0422. The summed E-state index contributed by atoms with van der Waals surface area (Å²) in [4.78, 5) is 51.0. The number of hydrogen-bond donors (Lipinski definition) is 1. The zero-order chi connectivity index (χ0) is 24.4. The first-order valence-corrected chi connectivity index (χ1v) is 11.4. The average Bonchev–Trinajstić information content (AvgIpc) is 3.01. The lowest BCUT2D eigenvalue weighted by atomic mass is 9.76. The van der Waals surface area contributed by atoms with E-state index in [1.165, 1.54) is 6.92 Å². The molecule has 0 aromatic heterocycles. The Kier molecular flexibility index (Phi) is 8.26. The number of Topliss-reactive ketones (excluding diaryl/α,β-unsaturated/α-hetero) is 1. The molecule has 1 unspecified atom stereocenters. The third-order valence-electron chi connectivity index (χ3n) is 6.56. The molecule has 180 valence electrons. The SMILES string of the molecule is C=C1C(=O)O[C@H]2[C@H]1[C@@H](OC(=O)C(C)CC)C(=O)[C@H](C)CCC[C@](C)(O)[C@@H]2OC(=O)C(C)C. The lowest BCUT2D eigenvalue weighted by Crippen LogP contribution is -2.55. The maximum atomic E-state index is 13.3. The Hall–Kier alpha value is -2.22. The molecule has 1 aliphatic heterocycles. The first-order valence-electron chi connectivity index (χ1n) is 11.4. The van der Waals surface area contributed by atoms with Crippen molar-refractivity contribution in [3.63, 3.8) is 0 Å². The van der Waals surface area contributed by atoms with Gasteiger partial charge in [-0.25, -0.2) is 4.79 Å². The maximum Gasteiger partial charge on any atom is 0.334 e. The monoisotopic (exact) mass is 452 g/mol. The van der Waals surface area contributed by atoms with Gasteiger partial charge in [-0.3, -0.25) is 14.4 Å². The fraction of sp³-hybridized carbons (Fsp3) is 0.750. The number of ether oxygens (including phenoxy) is 3. The van der Waals surface area contributed by atoms with Gasteiger partial charge in [0, 0.05) is 11.5 Å². The molecule has 8 heteroatoms. The molecule has 1 aliphatic carbocycles. The van der Waals surface area contributed by atoms with E-state index in [1.807, 2.05) is 6.92 Å². The van der Waals surface area contributed by atoms with Crippen LogP contribution in [0.5, 0.6) is 0 Å². The molecule has 0 amide bonds. The number of carbonyl (C=O) groups is 4. The molecule has 0 bridgehead atoms. The van der Waals surface area contributed by atoms with Crippen LogP contribution in [0.2, 0.25) is 0 Å². The summed E-state index contributed by atoms with van der Waals surface area (Å²) in [7, 11) is 0. The van der Waals surface area contributed by atoms with Crippen molar-refractivity contribution in [1.29, 1.82) is 0 Å². The maximum absolute atomic E-state index is 13.3. The predicted octanol–water partition coefficient (Wildman–Crippen LogP) is 2.75. The largest absolute Gasteiger partial charge is 0.455 e. The van der Waals surface area contributed by atoms with Crippen molar-refractivity contribution >= 4 is 23.7 Å². The molecule has 2 fully saturated rings. The third-order valence-corrected chi connectivity index (χ3v) is 6.56. The zero-order valence-corrected chi connectivity index (χ0v) is 19.9. The summed E-state index contributed by atoms with van der Waals surface area (Å²) in [6.45, 7) is 13.8. The van der Waals surface area contributed by atoms with Gasteiger partial charge in [0.25, 0.3) is 0 Å². The smallest absolute Gasteiger partial charge is 0.334 e. The summed E-state index contributed by atoms with van der Waals surface area (Å²) in [6.07, 6.45) is -2.14. The number of aliphatic hydroxyl groups is 1. The third kappa shape index (κ3) is 5.39. The van der Waals surface area contributed by atoms with Gasteiger partial charge < -0.3 is 19.3 Å². The molecule has 2 rings (SSSR count). The van der Waals surface area contributed by atoms with Crippen LogP contribution in [0.15, 0.2) is 12.2 Å². The van der Waals surface area contributed by atoms with Gasteiger partial charge in [0.1, 0.15) is 5.60 Å². The van der Waals surface area contributed by atoms with E-state index in [0.717, 1.165) is 0 Å². The number of rotatable bonds is 5. The van der Waals surface area contributed by atoms with Gasteiger partial charge >= 0.3 is 17.9 Å². The Labute approximate surface area is 189 Å². The van der Waals surface area contributed by atoms with Crippen LogP contribution < -0.4 is 0 Å². The normalized spacial score (nSPS) is 34.5. The molecule has 1 N–H and O–H groups in total. The fourth-order valence-electron chi connectivity index (χ4n) is 4.07. The first-order chi connectivity index (χ1) is 14.8. The highest BCUT2D eigenvalue weighted by Gasteiger charge is 2.57. The molecule has 1 saturated carbocycles. The Morgan fingerprint density at radius 2 is 1.84 bits per heavy atom. The van der Waals surface area contributed by atoms with E-state index >= 15 is 0 Å². The van der Waals surface area contributed by atoms with Crippen molar-refractivity contribution in [3.8, 4) is 0 Å².